The van der Waals surface area contributed by atoms with Crippen molar-refractivity contribution in [1.29, 1.82) is 0 Å². The highest BCUT2D eigenvalue weighted by Gasteiger charge is 2.21. The van der Waals surface area contributed by atoms with E-state index in [4.69, 9.17) is 0 Å². The van der Waals surface area contributed by atoms with Crippen LogP contribution < -0.4 is 10.6 Å². The fraction of sp³-hybridized carbons (Fsp3) is 0.500. The Morgan fingerprint density at radius 3 is 2.62 bits per heavy atom. The van der Waals surface area contributed by atoms with Crippen molar-refractivity contribution in [2.24, 2.45) is 5.92 Å². The van der Waals surface area contributed by atoms with Crippen LogP contribution in [0.3, 0.4) is 0 Å². The number of anilines is 1. The zero-order valence-electron chi connectivity index (χ0n) is 12.2. The number of hydrogen-bond acceptors (Lipinski definition) is 2. The Kier molecular flexibility index (Phi) is 5.31. The van der Waals surface area contributed by atoms with Crippen molar-refractivity contribution in [1.82, 2.24) is 5.32 Å². The van der Waals surface area contributed by atoms with E-state index in [1.807, 2.05) is 0 Å². The van der Waals surface area contributed by atoms with Crippen molar-refractivity contribution in [3.63, 3.8) is 0 Å². The standard InChI is InChI=1S/C16H21FN2O2/c1-11-9-13(17)7-8-14(11)19-15(20)10-18-16(21)12-5-3-2-4-6-12/h7-9,12H,2-6,10H2,1H3,(H,18,21)(H,19,20). The zero-order valence-corrected chi connectivity index (χ0v) is 12.2. The summed E-state index contributed by atoms with van der Waals surface area (Å²) in [4.78, 5) is 23.7. The van der Waals surface area contributed by atoms with Gasteiger partial charge in [-0.1, -0.05) is 19.3 Å². The van der Waals surface area contributed by atoms with Crippen LogP contribution in [0.5, 0.6) is 0 Å². The summed E-state index contributed by atoms with van der Waals surface area (Å²) in [5.74, 6) is -0.634. The molecule has 0 aromatic heterocycles. The van der Waals surface area contributed by atoms with Crippen molar-refractivity contribution in [2.75, 3.05) is 11.9 Å². The molecule has 0 atom stereocenters. The molecule has 0 spiro atoms. The molecule has 1 aromatic carbocycles. The molecule has 1 aliphatic rings. The van der Waals surface area contributed by atoms with Gasteiger partial charge in [-0.3, -0.25) is 9.59 Å². The molecule has 0 heterocycles. The molecule has 0 aliphatic heterocycles. The molecule has 4 nitrogen and oxygen atoms in total. The Morgan fingerprint density at radius 1 is 1.24 bits per heavy atom. The van der Waals surface area contributed by atoms with E-state index in [0.29, 0.717) is 11.3 Å². The molecular weight excluding hydrogens is 271 g/mol. The number of carbonyl (C=O) groups excluding carboxylic acids is 2. The monoisotopic (exact) mass is 292 g/mol. The van der Waals surface area contributed by atoms with Crippen LogP contribution in [0.15, 0.2) is 18.2 Å². The number of nitrogens with one attached hydrogen (secondary N) is 2. The van der Waals surface area contributed by atoms with Gasteiger partial charge in [0.05, 0.1) is 6.54 Å². The highest BCUT2D eigenvalue weighted by atomic mass is 19.1. The van der Waals surface area contributed by atoms with E-state index in [2.05, 4.69) is 10.6 Å². The van der Waals surface area contributed by atoms with Gasteiger partial charge in [-0.15, -0.1) is 0 Å². The first-order chi connectivity index (χ1) is 10.1. The minimum atomic E-state index is -0.337. The second-order valence-electron chi connectivity index (χ2n) is 5.56. The van der Waals surface area contributed by atoms with Gasteiger partial charge in [-0.05, 0) is 43.5 Å². The van der Waals surface area contributed by atoms with Crippen LogP contribution in [0, 0.1) is 18.7 Å². The van der Waals surface area contributed by atoms with E-state index in [0.717, 1.165) is 25.7 Å². The number of rotatable bonds is 4. The maximum absolute atomic E-state index is 13.0. The van der Waals surface area contributed by atoms with Crippen LogP contribution in [0.2, 0.25) is 0 Å². The lowest BCUT2D eigenvalue weighted by Gasteiger charge is -2.20. The average molecular weight is 292 g/mol. The molecule has 0 radical (unpaired) electrons. The highest BCUT2D eigenvalue weighted by Crippen LogP contribution is 2.23. The van der Waals surface area contributed by atoms with E-state index in [9.17, 15) is 14.0 Å². The molecule has 5 heteroatoms. The van der Waals surface area contributed by atoms with E-state index in [-0.39, 0.29) is 30.1 Å². The lowest BCUT2D eigenvalue weighted by molar-refractivity contribution is -0.128. The first-order valence-corrected chi connectivity index (χ1v) is 7.40. The van der Waals surface area contributed by atoms with E-state index in [1.54, 1.807) is 6.92 Å². The van der Waals surface area contributed by atoms with Crippen LogP contribution in [0.4, 0.5) is 10.1 Å². The highest BCUT2D eigenvalue weighted by molar-refractivity contribution is 5.95. The Morgan fingerprint density at radius 2 is 1.95 bits per heavy atom. The Balaban J connectivity index is 1.80. The van der Waals surface area contributed by atoms with Crippen molar-refractivity contribution in [3.8, 4) is 0 Å². The fourth-order valence-electron chi connectivity index (χ4n) is 2.64. The molecule has 2 amide bonds. The molecule has 1 saturated carbocycles. The number of hydrogen-bond donors (Lipinski definition) is 2. The zero-order chi connectivity index (χ0) is 15.2. The van der Waals surface area contributed by atoms with Gasteiger partial charge in [-0.25, -0.2) is 4.39 Å². The largest absolute Gasteiger partial charge is 0.347 e. The summed E-state index contributed by atoms with van der Waals surface area (Å²) in [7, 11) is 0. The summed E-state index contributed by atoms with van der Waals surface area (Å²) >= 11 is 0. The van der Waals surface area contributed by atoms with Gasteiger partial charge in [-0.2, -0.15) is 0 Å². The summed E-state index contributed by atoms with van der Waals surface area (Å²) in [5.41, 5.74) is 1.22. The van der Waals surface area contributed by atoms with Crippen LogP contribution in [-0.2, 0) is 9.59 Å². The molecule has 1 aromatic rings. The van der Waals surface area contributed by atoms with Crippen molar-refractivity contribution in [3.05, 3.63) is 29.6 Å². The van der Waals surface area contributed by atoms with Crippen molar-refractivity contribution in [2.45, 2.75) is 39.0 Å². The van der Waals surface area contributed by atoms with Gasteiger partial charge in [0.15, 0.2) is 0 Å². The Bertz CT molecular complexity index is 525. The van der Waals surface area contributed by atoms with E-state index < -0.39 is 0 Å². The molecule has 2 N–H and O–H groups in total. The number of benzene rings is 1. The van der Waals surface area contributed by atoms with Crippen molar-refractivity contribution >= 4 is 17.5 Å². The predicted octanol–water partition coefficient (Wildman–Crippen LogP) is 2.77. The topological polar surface area (TPSA) is 58.2 Å². The summed E-state index contributed by atoms with van der Waals surface area (Å²) < 4.78 is 13.0. The lowest BCUT2D eigenvalue weighted by atomic mass is 9.89. The molecular formula is C16H21FN2O2. The normalized spacial score (nSPS) is 15.5. The van der Waals surface area contributed by atoms with Crippen LogP contribution in [0.25, 0.3) is 0 Å². The first-order valence-electron chi connectivity index (χ1n) is 7.40. The summed E-state index contributed by atoms with van der Waals surface area (Å²) in [6.45, 7) is 1.67. The molecule has 114 valence electrons. The number of amides is 2. The fourth-order valence-corrected chi connectivity index (χ4v) is 2.64. The molecule has 0 unspecified atom stereocenters. The summed E-state index contributed by atoms with van der Waals surface area (Å²) in [6.07, 6.45) is 5.17. The first kappa shape index (κ1) is 15.5. The lowest BCUT2D eigenvalue weighted by Crippen LogP contribution is -2.37. The average Bonchev–Trinajstić information content (AvgIpc) is 2.48. The Hall–Kier alpha value is -1.91. The molecule has 2 rings (SSSR count). The summed E-state index contributed by atoms with van der Waals surface area (Å²) in [6, 6.07) is 4.17. The third-order valence-electron chi connectivity index (χ3n) is 3.86. The Labute approximate surface area is 124 Å². The van der Waals surface area contributed by atoms with Gasteiger partial charge in [0.1, 0.15) is 5.82 Å². The predicted molar refractivity (Wildman–Crippen MR) is 79.4 cm³/mol. The van der Waals surface area contributed by atoms with Crippen LogP contribution in [0.1, 0.15) is 37.7 Å². The van der Waals surface area contributed by atoms with E-state index in [1.165, 1.54) is 24.6 Å². The number of halogens is 1. The minimum Gasteiger partial charge on any atom is -0.347 e. The molecule has 1 aliphatic carbocycles. The quantitative estimate of drug-likeness (QED) is 0.896. The SMILES string of the molecule is Cc1cc(F)ccc1NC(=O)CNC(=O)C1CCCCC1. The smallest absolute Gasteiger partial charge is 0.243 e. The van der Waals surface area contributed by atoms with Gasteiger partial charge >= 0.3 is 0 Å². The van der Waals surface area contributed by atoms with Gasteiger partial charge < -0.3 is 10.6 Å². The summed E-state index contributed by atoms with van der Waals surface area (Å²) in [5, 5.41) is 5.35. The molecule has 1 fully saturated rings. The molecule has 0 saturated heterocycles. The van der Waals surface area contributed by atoms with Crippen molar-refractivity contribution < 1.29 is 14.0 Å². The maximum Gasteiger partial charge on any atom is 0.243 e. The van der Waals surface area contributed by atoms with E-state index >= 15 is 0 Å². The van der Waals surface area contributed by atoms with Gasteiger partial charge in [0, 0.05) is 11.6 Å². The van der Waals surface area contributed by atoms with Crippen LogP contribution >= 0.6 is 0 Å². The second-order valence-corrected chi connectivity index (χ2v) is 5.56. The molecule has 0 bridgehead atoms. The maximum atomic E-state index is 13.0. The minimum absolute atomic E-state index is 0.0408. The number of carbonyl (C=O) groups is 2. The van der Waals surface area contributed by atoms with Gasteiger partial charge in [0.25, 0.3) is 0 Å². The van der Waals surface area contributed by atoms with Gasteiger partial charge in [0.2, 0.25) is 11.8 Å². The third kappa shape index (κ3) is 4.55. The number of aryl methyl sites for hydroxylation is 1. The second kappa shape index (κ2) is 7.20. The molecule has 21 heavy (non-hydrogen) atoms. The third-order valence-corrected chi connectivity index (χ3v) is 3.86. The van der Waals surface area contributed by atoms with Crippen LogP contribution in [-0.4, -0.2) is 18.4 Å².